The summed E-state index contributed by atoms with van der Waals surface area (Å²) in [7, 11) is 0. The van der Waals surface area contributed by atoms with E-state index in [0.29, 0.717) is 11.8 Å². The number of nitrogens with one attached hydrogen (secondary N) is 1. The summed E-state index contributed by atoms with van der Waals surface area (Å²) in [4.78, 5) is 11.5. The highest BCUT2D eigenvalue weighted by Crippen LogP contribution is 2.25. The lowest BCUT2D eigenvalue weighted by Crippen LogP contribution is -2.23. The third kappa shape index (κ3) is 21.0. The van der Waals surface area contributed by atoms with E-state index in [2.05, 4.69) is 81.6 Å². The Balaban J connectivity index is 3.69. The van der Waals surface area contributed by atoms with Gasteiger partial charge in [-0.25, -0.2) is 0 Å². The highest BCUT2D eigenvalue weighted by molar-refractivity contribution is 5.75. The molecule has 1 amide bonds. The largest absolute Gasteiger partial charge is 0.356 e. The second-order valence-corrected chi connectivity index (χ2v) is 8.57. The molecule has 0 radical (unpaired) electrons. The Morgan fingerprint density at radius 1 is 0.759 bits per heavy atom. The average Bonchev–Trinajstić information content (AvgIpc) is 2.69. The third-order valence-corrected chi connectivity index (χ3v) is 4.91. The predicted molar refractivity (Wildman–Crippen MR) is 130 cm³/mol. The molecule has 1 N–H and O–H groups in total. The van der Waals surface area contributed by atoms with Crippen LogP contribution in [-0.2, 0) is 4.79 Å². The SMILES string of the molecule is CCCCCCC(C)(C)/C=C\C/C=C\C/C=C\C/C=C\CCCC(=O)NCCC. The number of hydrogen-bond donors (Lipinski definition) is 1. The first-order valence-electron chi connectivity index (χ1n) is 11.9. The number of allylic oxidation sites excluding steroid dienone is 8. The molecule has 0 aromatic rings. The van der Waals surface area contributed by atoms with Crippen LogP contribution in [0.4, 0.5) is 0 Å². The van der Waals surface area contributed by atoms with Crippen LogP contribution in [-0.4, -0.2) is 12.5 Å². The number of hydrogen-bond acceptors (Lipinski definition) is 1. The molecule has 0 rings (SSSR count). The molecule has 29 heavy (non-hydrogen) atoms. The van der Waals surface area contributed by atoms with Gasteiger partial charge in [0.05, 0.1) is 0 Å². The molecular formula is C27H47NO. The minimum absolute atomic E-state index is 0.178. The van der Waals surface area contributed by atoms with Crippen molar-refractivity contribution in [1.82, 2.24) is 5.32 Å². The van der Waals surface area contributed by atoms with E-state index < -0.39 is 0 Å². The maximum Gasteiger partial charge on any atom is 0.220 e. The second kappa shape index (κ2) is 19.7. The van der Waals surface area contributed by atoms with E-state index in [4.69, 9.17) is 0 Å². The van der Waals surface area contributed by atoms with E-state index in [1.54, 1.807) is 0 Å². The quantitative estimate of drug-likeness (QED) is 0.182. The van der Waals surface area contributed by atoms with Crippen LogP contribution in [0.15, 0.2) is 48.6 Å². The molecule has 0 spiro atoms. The molecule has 2 nitrogen and oxygen atoms in total. The van der Waals surface area contributed by atoms with Crippen LogP contribution in [0.3, 0.4) is 0 Å². The number of rotatable bonds is 18. The molecule has 0 unspecified atom stereocenters. The van der Waals surface area contributed by atoms with Crippen molar-refractivity contribution >= 4 is 5.91 Å². The molecule has 2 heteroatoms. The zero-order chi connectivity index (χ0) is 21.6. The van der Waals surface area contributed by atoms with Gasteiger partial charge in [-0.1, -0.05) is 102 Å². The van der Waals surface area contributed by atoms with Crippen LogP contribution in [0.5, 0.6) is 0 Å². The highest BCUT2D eigenvalue weighted by atomic mass is 16.1. The van der Waals surface area contributed by atoms with Crippen molar-refractivity contribution in [3.8, 4) is 0 Å². The Morgan fingerprint density at radius 2 is 1.38 bits per heavy atom. The summed E-state index contributed by atoms with van der Waals surface area (Å²) in [5, 5.41) is 2.91. The average molecular weight is 402 g/mol. The van der Waals surface area contributed by atoms with Gasteiger partial charge in [0.2, 0.25) is 5.91 Å². The smallest absolute Gasteiger partial charge is 0.220 e. The van der Waals surface area contributed by atoms with E-state index in [0.717, 1.165) is 45.1 Å². The van der Waals surface area contributed by atoms with E-state index in [-0.39, 0.29) is 5.91 Å². The molecule has 0 atom stereocenters. The Morgan fingerprint density at radius 3 is 2.00 bits per heavy atom. The van der Waals surface area contributed by atoms with Crippen LogP contribution < -0.4 is 5.32 Å². The third-order valence-electron chi connectivity index (χ3n) is 4.91. The maximum absolute atomic E-state index is 11.5. The number of carbonyl (C=O) groups is 1. The molecule has 0 heterocycles. The van der Waals surface area contributed by atoms with Gasteiger partial charge in [0.25, 0.3) is 0 Å². The molecule has 166 valence electrons. The summed E-state index contributed by atoms with van der Waals surface area (Å²) in [6.07, 6.45) is 31.2. The Labute approximate surface area is 181 Å². The van der Waals surface area contributed by atoms with Gasteiger partial charge in [-0.15, -0.1) is 0 Å². The molecule has 0 aliphatic heterocycles. The predicted octanol–water partition coefficient (Wildman–Crippen LogP) is 8.07. The van der Waals surface area contributed by atoms with Gasteiger partial charge >= 0.3 is 0 Å². The monoisotopic (exact) mass is 401 g/mol. The van der Waals surface area contributed by atoms with Gasteiger partial charge in [0, 0.05) is 13.0 Å². The fourth-order valence-electron chi connectivity index (χ4n) is 3.05. The summed E-state index contributed by atoms with van der Waals surface area (Å²) >= 11 is 0. The van der Waals surface area contributed by atoms with E-state index in [1.165, 1.54) is 32.1 Å². The Hall–Kier alpha value is -1.57. The minimum Gasteiger partial charge on any atom is -0.356 e. The molecule has 0 aromatic heterocycles. The van der Waals surface area contributed by atoms with Crippen LogP contribution in [0, 0.1) is 5.41 Å². The standard InChI is InChI=1S/C27H47NO/c1-5-7-8-20-23-27(3,4)24-21-18-16-14-12-10-9-11-13-15-17-19-22-26(29)28-25-6-2/h9-10,13-16,21,24H,5-8,11-12,17-20,22-23,25H2,1-4H3,(H,28,29)/b10-9-,15-13-,16-14-,24-21-. The minimum atomic E-state index is 0.178. The Kier molecular flexibility index (Phi) is 18.7. The van der Waals surface area contributed by atoms with Gasteiger partial charge in [0.1, 0.15) is 0 Å². The zero-order valence-corrected chi connectivity index (χ0v) is 19.7. The zero-order valence-electron chi connectivity index (χ0n) is 19.7. The van der Waals surface area contributed by atoms with Crippen LogP contribution >= 0.6 is 0 Å². The lowest BCUT2D eigenvalue weighted by atomic mass is 9.86. The summed E-state index contributed by atoms with van der Waals surface area (Å²) in [6.45, 7) is 9.82. The Bertz CT molecular complexity index is 497. The summed E-state index contributed by atoms with van der Waals surface area (Å²) in [6, 6.07) is 0. The lowest BCUT2D eigenvalue weighted by Gasteiger charge is -2.19. The van der Waals surface area contributed by atoms with Crippen molar-refractivity contribution in [3.63, 3.8) is 0 Å². The molecular weight excluding hydrogens is 354 g/mol. The summed E-state index contributed by atoms with van der Waals surface area (Å²) in [5.74, 6) is 0.178. The van der Waals surface area contributed by atoms with Crippen molar-refractivity contribution < 1.29 is 4.79 Å². The maximum atomic E-state index is 11.5. The van der Waals surface area contributed by atoms with Crippen molar-refractivity contribution in [1.29, 1.82) is 0 Å². The van der Waals surface area contributed by atoms with Gasteiger partial charge in [0.15, 0.2) is 0 Å². The lowest BCUT2D eigenvalue weighted by molar-refractivity contribution is -0.121. The molecule has 0 aliphatic carbocycles. The second-order valence-electron chi connectivity index (χ2n) is 8.57. The summed E-state index contributed by atoms with van der Waals surface area (Å²) < 4.78 is 0. The molecule has 0 aliphatic rings. The van der Waals surface area contributed by atoms with Gasteiger partial charge in [-0.3, -0.25) is 4.79 Å². The van der Waals surface area contributed by atoms with Gasteiger partial charge in [-0.2, -0.15) is 0 Å². The van der Waals surface area contributed by atoms with Gasteiger partial charge < -0.3 is 5.32 Å². The topological polar surface area (TPSA) is 29.1 Å². The van der Waals surface area contributed by atoms with Crippen molar-refractivity contribution in [3.05, 3.63) is 48.6 Å². The van der Waals surface area contributed by atoms with E-state index in [9.17, 15) is 4.79 Å². The molecule has 0 aromatic carbocycles. The normalized spacial score (nSPS) is 12.8. The fraction of sp³-hybridized carbons (Fsp3) is 0.667. The number of unbranched alkanes of at least 4 members (excludes halogenated alkanes) is 4. The first-order chi connectivity index (χ1) is 14.0. The molecule has 0 fully saturated rings. The van der Waals surface area contributed by atoms with E-state index >= 15 is 0 Å². The first-order valence-corrected chi connectivity index (χ1v) is 11.9. The number of carbonyl (C=O) groups excluding carboxylic acids is 1. The van der Waals surface area contributed by atoms with Crippen LogP contribution in [0.1, 0.15) is 105 Å². The molecule has 0 bridgehead atoms. The molecule has 0 saturated heterocycles. The van der Waals surface area contributed by atoms with Gasteiger partial charge in [-0.05, 0) is 50.4 Å². The van der Waals surface area contributed by atoms with Crippen molar-refractivity contribution in [2.24, 2.45) is 5.41 Å². The van der Waals surface area contributed by atoms with Crippen molar-refractivity contribution in [2.75, 3.05) is 6.54 Å². The van der Waals surface area contributed by atoms with Crippen LogP contribution in [0.2, 0.25) is 0 Å². The van der Waals surface area contributed by atoms with Crippen LogP contribution in [0.25, 0.3) is 0 Å². The van der Waals surface area contributed by atoms with Crippen molar-refractivity contribution in [2.45, 2.75) is 105 Å². The number of amides is 1. The highest BCUT2D eigenvalue weighted by Gasteiger charge is 2.12. The molecule has 0 saturated carbocycles. The first kappa shape index (κ1) is 27.4. The summed E-state index contributed by atoms with van der Waals surface area (Å²) in [5.41, 5.74) is 0.327. The van der Waals surface area contributed by atoms with E-state index in [1.807, 2.05) is 0 Å². The fourth-order valence-corrected chi connectivity index (χ4v) is 3.05.